The molecule has 0 N–H and O–H groups in total. The van der Waals surface area contributed by atoms with Crippen molar-refractivity contribution in [2.45, 2.75) is 37.2 Å². The monoisotopic (exact) mass is 492 g/mol. The Bertz CT molecular complexity index is 1560. The van der Waals surface area contributed by atoms with Crippen molar-refractivity contribution in [1.29, 1.82) is 0 Å². The molecule has 5 aromatic rings. The van der Waals surface area contributed by atoms with E-state index in [1.54, 1.807) is 30.9 Å². The fourth-order valence-electron chi connectivity index (χ4n) is 3.88. The first-order valence-corrected chi connectivity index (χ1v) is 12.2. The van der Waals surface area contributed by atoms with Crippen LogP contribution in [0.2, 0.25) is 0 Å². The Labute approximate surface area is 204 Å². The van der Waals surface area contributed by atoms with Crippen molar-refractivity contribution in [2.75, 3.05) is 14.2 Å². The molecule has 5 rings (SSSR count). The van der Waals surface area contributed by atoms with Gasteiger partial charge in [0.25, 0.3) is 5.56 Å². The number of nitrogens with zero attached hydrogens (tertiary/aromatic N) is 6. The Morgan fingerprint density at radius 1 is 1.06 bits per heavy atom. The predicted octanol–water partition coefficient (Wildman–Crippen LogP) is 4.20. The number of methoxy groups -OCH3 is 2. The lowest BCUT2D eigenvalue weighted by Gasteiger charge is -2.10. The first-order valence-electron chi connectivity index (χ1n) is 11.2. The lowest BCUT2D eigenvalue weighted by atomic mass is 10.2. The smallest absolute Gasteiger partial charge is 0.262 e. The molecule has 0 aliphatic carbocycles. The molecule has 3 aromatic heterocycles. The highest BCUT2D eigenvalue weighted by Gasteiger charge is 2.18. The molecule has 0 atom stereocenters. The van der Waals surface area contributed by atoms with Gasteiger partial charge in [-0.2, -0.15) is 4.98 Å². The second kappa shape index (κ2) is 9.79. The summed E-state index contributed by atoms with van der Waals surface area (Å²) in [6, 6.07) is 12.9. The van der Waals surface area contributed by atoms with Crippen molar-refractivity contribution in [2.24, 2.45) is 0 Å². The van der Waals surface area contributed by atoms with Crippen LogP contribution < -0.4 is 15.0 Å². The van der Waals surface area contributed by atoms with Gasteiger partial charge in [0.2, 0.25) is 17.5 Å². The van der Waals surface area contributed by atoms with Gasteiger partial charge in [0.05, 0.1) is 30.9 Å². The molecular weight excluding hydrogens is 468 g/mol. The van der Waals surface area contributed by atoms with Gasteiger partial charge in [0.1, 0.15) is 0 Å². The van der Waals surface area contributed by atoms with Gasteiger partial charge in [-0.25, -0.2) is 0 Å². The molecular formula is C24H24N6O4S. The Hall–Kier alpha value is -3.86. The molecule has 0 spiro atoms. The van der Waals surface area contributed by atoms with Crippen molar-refractivity contribution < 1.29 is 14.0 Å². The maximum absolute atomic E-state index is 13.1. The highest BCUT2D eigenvalue weighted by Crippen LogP contribution is 2.32. The summed E-state index contributed by atoms with van der Waals surface area (Å²) in [7, 11) is 3.16. The average molecular weight is 493 g/mol. The van der Waals surface area contributed by atoms with Crippen LogP contribution in [0.1, 0.15) is 25.7 Å². The molecule has 0 aliphatic rings. The minimum Gasteiger partial charge on any atom is -0.493 e. The van der Waals surface area contributed by atoms with Gasteiger partial charge in [-0.05, 0) is 36.8 Å². The van der Waals surface area contributed by atoms with Crippen LogP contribution in [0.4, 0.5) is 0 Å². The second-order valence-electron chi connectivity index (χ2n) is 7.82. The summed E-state index contributed by atoms with van der Waals surface area (Å²) in [6.45, 7) is 2.68. The van der Waals surface area contributed by atoms with E-state index in [2.05, 4.69) is 27.3 Å². The third kappa shape index (κ3) is 4.23. The molecule has 2 aromatic carbocycles. The molecule has 0 amide bonds. The molecule has 11 heteroatoms. The number of aromatic nitrogens is 6. The molecule has 0 radical (unpaired) electrons. The maximum Gasteiger partial charge on any atom is 0.262 e. The van der Waals surface area contributed by atoms with Crippen molar-refractivity contribution in [3.63, 3.8) is 0 Å². The highest BCUT2D eigenvalue weighted by atomic mass is 32.2. The second-order valence-corrected chi connectivity index (χ2v) is 8.76. The minimum absolute atomic E-state index is 0.0537. The summed E-state index contributed by atoms with van der Waals surface area (Å²) < 4.78 is 19.7. The summed E-state index contributed by atoms with van der Waals surface area (Å²) in [6.07, 6.45) is 1.85. The zero-order chi connectivity index (χ0) is 24.4. The van der Waals surface area contributed by atoms with Crippen molar-refractivity contribution in [1.82, 2.24) is 29.3 Å². The standard InChI is InChI=1S/C24H24N6O4S/c1-4-5-12-29-22(31)16-8-6-7-9-17(16)30-23(29)26-27-24(30)35-14-20-25-21(28-34-20)15-10-11-18(32-2)19(13-15)33-3/h6-11,13H,4-5,12,14H2,1-3H3. The van der Waals surface area contributed by atoms with Gasteiger partial charge in [0, 0.05) is 12.1 Å². The summed E-state index contributed by atoms with van der Waals surface area (Å²) in [5.41, 5.74) is 1.47. The number of para-hydroxylation sites is 1. The van der Waals surface area contributed by atoms with Gasteiger partial charge in [-0.15, -0.1) is 10.2 Å². The molecule has 0 unspecified atom stereocenters. The number of hydrogen-bond acceptors (Lipinski definition) is 9. The van der Waals surface area contributed by atoms with E-state index in [9.17, 15) is 4.79 Å². The van der Waals surface area contributed by atoms with Crippen LogP contribution in [0.5, 0.6) is 11.5 Å². The van der Waals surface area contributed by atoms with E-state index in [0.29, 0.717) is 51.8 Å². The van der Waals surface area contributed by atoms with Crippen molar-refractivity contribution >= 4 is 28.4 Å². The van der Waals surface area contributed by atoms with Crippen LogP contribution >= 0.6 is 11.8 Å². The van der Waals surface area contributed by atoms with E-state index < -0.39 is 0 Å². The molecule has 35 heavy (non-hydrogen) atoms. The number of aryl methyl sites for hydroxylation is 1. The van der Waals surface area contributed by atoms with Crippen LogP contribution in [0.25, 0.3) is 28.1 Å². The molecule has 0 saturated heterocycles. The maximum atomic E-state index is 13.1. The Morgan fingerprint density at radius 3 is 2.69 bits per heavy atom. The van der Waals surface area contributed by atoms with Gasteiger partial charge in [-0.3, -0.25) is 13.8 Å². The van der Waals surface area contributed by atoms with Gasteiger partial charge in [-0.1, -0.05) is 42.4 Å². The Balaban J connectivity index is 1.45. The van der Waals surface area contributed by atoms with Crippen LogP contribution in [-0.2, 0) is 12.3 Å². The van der Waals surface area contributed by atoms with Crippen molar-refractivity contribution in [3.8, 4) is 22.9 Å². The SMILES string of the molecule is CCCCn1c(=O)c2ccccc2n2c(SCc3nc(-c4ccc(OC)c(OC)c4)no3)nnc12. The van der Waals surface area contributed by atoms with Crippen LogP contribution in [0.15, 0.2) is 56.9 Å². The zero-order valence-electron chi connectivity index (χ0n) is 19.6. The third-order valence-electron chi connectivity index (χ3n) is 5.65. The lowest BCUT2D eigenvalue weighted by molar-refractivity contribution is 0.355. The highest BCUT2D eigenvalue weighted by molar-refractivity contribution is 7.98. The van der Waals surface area contributed by atoms with Gasteiger partial charge < -0.3 is 14.0 Å². The summed E-state index contributed by atoms with van der Waals surface area (Å²) in [5, 5.41) is 14.1. The van der Waals surface area contributed by atoms with E-state index in [1.807, 2.05) is 34.7 Å². The summed E-state index contributed by atoms with van der Waals surface area (Å²) in [4.78, 5) is 17.6. The Kier molecular flexibility index (Phi) is 6.41. The predicted molar refractivity (Wildman–Crippen MR) is 132 cm³/mol. The minimum atomic E-state index is -0.0537. The Morgan fingerprint density at radius 2 is 1.89 bits per heavy atom. The summed E-state index contributed by atoms with van der Waals surface area (Å²) >= 11 is 1.42. The largest absolute Gasteiger partial charge is 0.493 e. The zero-order valence-corrected chi connectivity index (χ0v) is 20.4. The topological polar surface area (TPSA) is 110 Å². The molecule has 10 nitrogen and oxygen atoms in total. The van der Waals surface area contributed by atoms with E-state index in [4.69, 9.17) is 14.0 Å². The van der Waals surface area contributed by atoms with Gasteiger partial charge in [0.15, 0.2) is 16.7 Å². The van der Waals surface area contributed by atoms with Crippen molar-refractivity contribution in [3.05, 3.63) is 58.7 Å². The molecule has 0 fully saturated rings. The molecule has 0 bridgehead atoms. The number of thioether (sulfide) groups is 1. The van der Waals surface area contributed by atoms with E-state index in [0.717, 1.165) is 23.9 Å². The average Bonchev–Trinajstić information content (AvgIpc) is 3.54. The quantitative estimate of drug-likeness (QED) is 0.280. The third-order valence-corrected chi connectivity index (χ3v) is 6.56. The first-order chi connectivity index (χ1) is 17.1. The van der Waals surface area contributed by atoms with Gasteiger partial charge >= 0.3 is 0 Å². The van der Waals surface area contributed by atoms with Crippen LogP contribution in [-0.4, -0.2) is 43.5 Å². The fourth-order valence-corrected chi connectivity index (χ4v) is 4.65. The summed E-state index contributed by atoms with van der Waals surface area (Å²) in [5.74, 6) is 3.03. The fraction of sp³-hybridized carbons (Fsp3) is 0.292. The first kappa shape index (κ1) is 22.9. The number of fused-ring (bicyclic) bond motifs is 3. The lowest BCUT2D eigenvalue weighted by Crippen LogP contribution is -2.23. The number of hydrogen-bond donors (Lipinski definition) is 0. The molecule has 0 saturated carbocycles. The number of ether oxygens (including phenoxy) is 2. The van der Waals surface area contributed by atoms with E-state index >= 15 is 0 Å². The molecule has 0 aliphatic heterocycles. The number of benzene rings is 2. The molecule has 3 heterocycles. The molecule has 180 valence electrons. The van der Waals surface area contributed by atoms with E-state index in [1.165, 1.54) is 11.8 Å². The van der Waals surface area contributed by atoms with Crippen LogP contribution in [0, 0.1) is 0 Å². The van der Waals surface area contributed by atoms with E-state index in [-0.39, 0.29) is 5.56 Å². The normalized spacial score (nSPS) is 11.4. The number of unbranched alkanes of at least 4 members (excludes halogenated alkanes) is 1. The number of rotatable bonds is 9. The van der Waals surface area contributed by atoms with Crippen LogP contribution in [0.3, 0.4) is 0 Å².